The Kier molecular flexibility index (Phi) is 6.76. The lowest BCUT2D eigenvalue weighted by molar-refractivity contribution is -0.160. The first-order valence-corrected chi connectivity index (χ1v) is 12.7. The van der Waals surface area contributed by atoms with Crippen LogP contribution in [-0.4, -0.2) is 37.9 Å². The van der Waals surface area contributed by atoms with Crippen LogP contribution in [0.5, 0.6) is 5.75 Å². The molecule has 10 heteroatoms. The molecule has 8 nitrogen and oxygen atoms in total. The zero-order chi connectivity index (χ0) is 28.1. The molecule has 2 N–H and O–H groups in total. The second-order valence-corrected chi connectivity index (χ2v) is 10.6. The molecule has 0 spiro atoms. The molecule has 1 aliphatic heterocycles. The second-order valence-electron chi connectivity index (χ2n) is 10.6. The molecular formula is C29H30F2N4O4. The van der Waals surface area contributed by atoms with Crippen molar-refractivity contribution in [3.8, 4) is 17.0 Å². The van der Waals surface area contributed by atoms with Crippen LogP contribution in [0.3, 0.4) is 0 Å². The molecule has 0 aliphatic carbocycles. The Morgan fingerprint density at radius 3 is 2.67 bits per heavy atom. The van der Waals surface area contributed by atoms with Crippen LogP contribution in [0, 0.1) is 25.5 Å². The van der Waals surface area contributed by atoms with Gasteiger partial charge in [-0.1, -0.05) is 6.07 Å². The van der Waals surface area contributed by atoms with Crippen molar-refractivity contribution in [3.05, 3.63) is 70.4 Å². The summed E-state index contributed by atoms with van der Waals surface area (Å²) in [6, 6.07) is 8.95. The molecule has 1 aliphatic rings. The van der Waals surface area contributed by atoms with Crippen LogP contribution in [0.15, 0.2) is 36.4 Å². The van der Waals surface area contributed by atoms with Crippen molar-refractivity contribution in [2.24, 2.45) is 0 Å². The summed E-state index contributed by atoms with van der Waals surface area (Å²) < 4.78 is 42.4. The first-order valence-electron chi connectivity index (χ1n) is 12.7. The molecule has 0 bridgehead atoms. The highest BCUT2D eigenvalue weighted by Crippen LogP contribution is 2.41. The van der Waals surface area contributed by atoms with Crippen LogP contribution < -0.4 is 10.1 Å². The third-order valence-electron chi connectivity index (χ3n) is 6.58. The molecule has 1 atom stereocenters. The molecule has 3 heterocycles. The summed E-state index contributed by atoms with van der Waals surface area (Å²) in [5, 5.41) is 18.0. The Balaban J connectivity index is 1.80. The van der Waals surface area contributed by atoms with Gasteiger partial charge in [0.1, 0.15) is 5.82 Å². The van der Waals surface area contributed by atoms with E-state index < -0.39 is 29.3 Å². The summed E-state index contributed by atoms with van der Waals surface area (Å²) in [7, 11) is 0. The second kappa shape index (κ2) is 9.92. The van der Waals surface area contributed by atoms with Gasteiger partial charge < -0.3 is 19.9 Å². The van der Waals surface area contributed by atoms with E-state index in [4.69, 9.17) is 9.47 Å². The van der Waals surface area contributed by atoms with Crippen molar-refractivity contribution < 1.29 is 28.2 Å². The highest BCUT2D eigenvalue weighted by molar-refractivity contribution is 5.82. The number of nitrogens with zero attached hydrogens (tertiary/aromatic N) is 3. The van der Waals surface area contributed by atoms with E-state index in [2.05, 4.69) is 15.4 Å². The molecule has 204 valence electrons. The molecule has 0 amide bonds. The van der Waals surface area contributed by atoms with Gasteiger partial charge in [-0.15, -0.1) is 5.10 Å². The van der Waals surface area contributed by atoms with Crippen molar-refractivity contribution in [1.29, 1.82) is 0 Å². The number of carboxylic acid groups (broad SMARTS) is 1. The number of ether oxygens (including phenoxy) is 2. The molecule has 0 radical (unpaired) electrons. The van der Waals surface area contributed by atoms with Gasteiger partial charge in [-0.3, -0.25) is 0 Å². The number of nitrogens with one attached hydrogen (secondary N) is 1. The minimum atomic E-state index is -1.41. The molecule has 2 aromatic heterocycles. The number of benzene rings is 2. The Bertz CT molecular complexity index is 1590. The number of aliphatic carboxylic acids is 1. The number of halogens is 2. The van der Waals surface area contributed by atoms with E-state index in [0.29, 0.717) is 47.1 Å². The van der Waals surface area contributed by atoms with E-state index in [-0.39, 0.29) is 11.3 Å². The van der Waals surface area contributed by atoms with Gasteiger partial charge in [0.15, 0.2) is 29.1 Å². The molecule has 0 saturated carbocycles. The van der Waals surface area contributed by atoms with Crippen molar-refractivity contribution in [1.82, 2.24) is 14.6 Å². The van der Waals surface area contributed by atoms with Crippen molar-refractivity contribution >= 4 is 23.1 Å². The van der Waals surface area contributed by atoms with E-state index in [1.807, 2.05) is 6.92 Å². The van der Waals surface area contributed by atoms with Gasteiger partial charge in [0.05, 0.1) is 17.9 Å². The molecule has 4 aromatic rings. The van der Waals surface area contributed by atoms with E-state index >= 15 is 4.39 Å². The average Bonchev–Trinajstić information content (AvgIpc) is 3.25. The van der Waals surface area contributed by atoms with E-state index in [9.17, 15) is 14.3 Å². The average molecular weight is 537 g/mol. The maximum atomic E-state index is 15.4. The first kappa shape index (κ1) is 26.6. The Morgan fingerprint density at radius 2 is 1.97 bits per heavy atom. The fourth-order valence-corrected chi connectivity index (χ4v) is 4.97. The molecule has 5 rings (SSSR count). The monoisotopic (exact) mass is 536 g/mol. The number of hydrogen-bond acceptors (Lipinski definition) is 6. The molecule has 0 unspecified atom stereocenters. The Morgan fingerprint density at radius 1 is 1.21 bits per heavy atom. The predicted octanol–water partition coefficient (Wildman–Crippen LogP) is 6.30. The summed E-state index contributed by atoms with van der Waals surface area (Å²) in [5.41, 5.74) is 3.05. The molecule has 39 heavy (non-hydrogen) atoms. The Hall–Kier alpha value is -4.05. The van der Waals surface area contributed by atoms with Crippen LogP contribution in [0.25, 0.3) is 16.9 Å². The van der Waals surface area contributed by atoms with Gasteiger partial charge in [0, 0.05) is 34.1 Å². The van der Waals surface area contributed by atoms with Crippen LogP contribution >= 0.6 is 0 Å². The topological polar surface area (TPSA) is 98.0 Å². The van der Waals surface area contributed by atoms with Crippen molar-refractivity contribution in [2.75, 3.05) is 11.9 Å². The number of hydrogen-bond donors (Lipinski definition) is 2. The minimum Gasteiger partial charge on any atom is -0.490 e. The standard InChI is InChI=1S/C29H30F2N4O4/c1-15-19-10-7-11-38-26(19)21(31)13-20(15)25-24(27(28(36)37)39-29(3,4)5)16(2)32-23-14-22(34-35(23)25)33-18-9-6-8-17(30)12-18/h6,8-9,12-14,27H,7,10-11H2,1-5H3,(H,33,34)(H,36,37)/t27-/m0/s1. The summed E-state index contributed by atoms with van der Waals surface area (Å²) in [4.78, 5) is 17.2. The molecule has 0 fully saturated rings. The third kappa shape index (κ3) is 5.16. The quantitative estimate of drug-likeness (QED) is 0.298. The minimum absolute atomic E-state index is 0.223. The van der Waals surface area contributed by atoms with Gasteiger partial charge in [-0.25, -0.2) is 23.1 Å². The number of rotatable bonds is 6. The molecule has 2 aromatic carbocycles. The fourth-order valence-electron chi connectivity index (χ4n) is 4.97. The summed E-state index contributed by atoms with van der Waals surface area (Å²) in [6.45, 7) is 9.28. The number of aryl methyl sites for hydroxylation is 1. The largest absolute Gasteiger partial charge is 0.490 e. The SMILES string of the molecule is Cc1nc2cc(Nc3cccc(F)c3)nn2c(-c2cc(F)c3c(c2C)CCCO3)c1[C@H](OC(C)(C)C)C(=O)O. The van der Waals surface area contributed by atoms with Crippen LogP contribution in [0.1, 0.15) is 55.7 Å². The zero-order valence-electron chi connectivity index (χ0n) is 22.4. The number of carbonyl (C=O) groups is 1. The van der Waals surface area contributed by atoms with Gasteiger partial charge in [-0.2, -0.15) is 0 Å². The number of aromatic nitrogens is 3. The zero-order valence-corrected chi connectivity index (χ0v) is 22.4. The van der Waals surface area contributed by atoms with Gasteiger partial charge in [-0.05, 0) is 77.3 Å². The first-order chi connectivity index (χ1) is 18.4. The lowest BCUT2D eigenvalue weighted by Gasteiger charge is -2.28. The van der Waals surface area contributed by atoms with Gasteiger partial charge in [0.2, 0.25) is 0 Å². The van der Waals surface area contributed by atoms with E-state index in [0.717, 1.165) is 17.5 Å². The summed E-state index contributed by atoms with van der Waals surface area (Å²) >= 11 is 0. The third-order valence-corrected chi connectivity index (χ3v) is 6.58. The lowest BCUT2D eigenvalue weighted by atomic mass is 9.91. The molecular weight excluding hydrogens is 506 g/mol. The van der Waals surface area contributed by atoms with Crippen molar-refractivity contribution in [3.63, 3.8) is 0 Å². The van der Waals surface area contributed by atoms with Crippen LogP contribution in [0.2, 0.25) is 0 Å². The highest BCUT2D eigenvalue weighted by Gasteiger charge is 2.34. The van der Waals surface area contributed by atoms with Gasteiger partial charge in [0.25, 0.3) is 0 Å². The van der Waals surface area contributed by atoms with Gasteiger partial charge >= 0.3 is 5.97 Å². The van der Waals surface area contributed by atoms with Crippen LogP contribution in [0.4, 0.5) is 20.3 Å². The maximum absolute atomic E-state index is 15.4. The Labute approximate surface area is 224 Å². The maximum Gasteiger partial charge on any atom is 0.337 e. The lowest BCUT2D eigenvalue weighted by Crippen LogP contribution is -2.29. The number of anilines is 2. The number of carboxylic acids is 1. The highest BCUT2D eigenvalue weighted by atomic mass is 19.1. The fraction of sp³-hybridized carbons (Fsp3) is 0.345. The summed E-state index contributed by atoms with van der Waals surface area (Å²) in [6.07, 6.45) is -0.0424. The normalized spacial score (nSPS) is 14.1. The smallest absolute Gasteiger partial charge is 0.337 e. The van der Waals surface area contributed by atoms with Crippen molar-refractivity contribution in [2.45, 2.75) is 59.2 Å². The summed E-state index contributed by atoms with van der Waals surface area (Å²) in [5.74, 6) is -1.57. The van der Waals surface area contributed by atoms with E-state index in [1.54, 1.807) is 45.9 Å². The molecule has 0 saturated heterocycles. The number of fused-ring (bicyclic) bond motifs is 2. The van der Waals surface area contributed by atoms with E-state index in [1.165, 1.54) is 22.7 Å². The van der Waals surface area contributed by atoms with Crippen LogP contribution in [-0.2, 0) is 16.0 Å². The predicted molar refractivity (Wildman–Crippen MR) is 143 cm³/mol.